The van der Waals surface area contributed by atoms with E-state index in [1.165, 1.54) is 6.26 Å². The predicted molar refractivity (Wildman–Crippen MR) is 119 cm³/mol. The number of benzene rings is 1. The zero-order valence-electron chi connectivity index (χ0n) is 18.9. The van der Waals surface area contributed by atoms with Gasteiger partial charge in [-0.25, -0.2) is 4.79 Å². The highest BCUT2D eigenvalue weighted by Gasteiger charge is 2.44. The first-order valence-electron chi connectivity index (χ1n) is 10.6. The first-order valence-corrected chi connectivity index (χ1v) is 11.0. The number of nitrogens with one attached hydrogen (secondary N) is 2. The molecule has 3 atom stereocenters. The number of carboxylic acid groups (broad SMARTS) is 1. The van der Waals surface area contributed by atoms with E-state index in [1.807, 2.05) is 32.0 Å². The van der Waals surface area contributed by atoms with Crippen molar-refractivity contribution in [3.8, 4) is 11.1 Å². The molecule has 1 amide bonds. The summed E-state index contributed by atoms with van der Waals surface area (Å²) < 4.78 is 42.2. The van der Waals surface area contributed by atoms with Crippen LogP contribution in [0.4, 0.5) is 13.2 Å². The lowest BCUT2D eigenvalue weighted by atomic mass is 9.84. The molecule has 0 bridgehead atoms. The lowest BCUT2D eigenvalue weighted by Crippen LogP contribution is -2.63. The number of halogens is 4. The van der Waals surface area contributed by atoms with Crippen molar-refractivity contribution in [3.05, 3.63) is 41.2 Å². The molecule has 2 saturated heterocycles. The summed E-state index contributed by atoms with van der Waals surface area (Å²) in [5, 5.41) is 23.2. The van der Waals surface area contributed by atoms with Crippen molar-refractivity contribution < 1.29 is 37.1 Å². The van der Waals surface area contributed by atoms with Crippen molar-refractivity contribution in [2.75, 3.05) is 6.61 Å². The molecule has 3 heterocycles. The standard InChI is InChI=1S/C20H23ClN4O3.C2HF3O2/c1-12-8-14(6-7-27-12)25-17(26)9-20(2,24-19(25)22)16-5-3-4-15(18(16)21)13-10-23-28-11-13;3-2(4,5)1(6)7/h3-5,10-12,14H,6-9H2,1-2H3,(H2,22,24);(H,6,7)/t12-,14-,20-;/m0./s1. The van der Waals surface area contributed by atoms with Gasteiger partial charge in [0.05, 0.1) is 29.3 Å². The van der Waals surface area contributed by atoms with E-state index in [4.69, 9.17) is 36.2 Å². The number of aromatic nitrogens is 1. The van der Waals surface area contributed by atoms with Gasteiger partial charge in [0.15, 0.2) is 5.96 Å². The summed E-state index contributed by atoms with van der Waals surface area (Å²) in [6.07, 6.45) is -0.182. The molecule has 9 nitrogen and oxygen atoms in total. The summed E-state index contributed by atoms with van der Waals surface area (Å²) in [5.74, 6) is -2.71. The summed E-state index contributed by atoms with van der Waals surface area (Å²) in [7, 11) is 0. The van der Waals surface area contributed by atoms with Crippen LogP contribution in [0.3, 0.4) is 0 Å². The topological polar surface area (TPSA) is 129 Å². The summed E-state index contributed by atoms with van der Waals surface area (Å²) in [4.78, 5) is 23.5. The average Bonchev–Trinajstić information content (AvgIpc) is 3.27. The van der Waals surface area contributed by atoms with Crippen molar-refractivity contribution >= 4 is 29.4 Å². The van der Waals surface area contributed by atoms with Gasteiger partial charge in [0.2, 0.25) is 5.91 Å². The smallest absolute Gasteiger partial charge is 0.475 e. The molecule has 0 saturated carbocycles. The van der Waals surface area contributed by atoms with Gasteiger partial charge in [-0.1, -0.05) is 35.0 Å². The summed E-state index contributed by atoms with van der Waals surface area (Å²) in [6, 6.07) is 5.64. The molecule has 190 valence electrons. The maximum Gasteiger partial charge on any atom is 0.490 e. The quantitative estimate of drug-likeness (QED) is 0.558. The van der Waals surface area contributed by atoms with E-state index in [1.54, 1.807) is 11.1 Å². The maximum atomic E-state index is 13.1. The van der Waals surface area contributed by atoms with E-state index in [9.17, 15) is 18.0 Å². The summed E-state index contributed by atoms with van der Waals surface area (Å²) in [6.45, 7) is 4.51. The highest BCUT2D eigenvalue weighted by atomic mass is 35.5. The summed E-state index contributed by atoms with van der Waals surface area (Å²) in [5.41, 5.74) is 1.55. The van der Waals surface area contributed by atoms with E-state index in [0.29, 0.717) is 11.6 Å². The van der Waals surface area contributed by atoms with Gasteiger partial charge >= 0.3 is 12.1 Å². The highest BCUT2D eigenvalue weighted by Crippen LogP contribution is 2.39. The number of guanidine groups is 1. The Morgan fingerprint density at radius 3 is 2.63 bits per heavy atom. The molecule has 2 aliphatic heterocycles. The van der Waals surface area contributed by atoms with Crippen LogP contribution in [0.2, 0.25) is 5.02 Å². The van der Waals surface area contributed by atoms with Crippen LogP contribution in [0.1, 0.15) is 38.7 Å². The van der Waals surface area contributed by atoms with E-state index in [-0.39, 0.29) is 30.4 Å². The molecule has 2 aliphatic rings. The number of alkyl halides is 3. The Morgan fingerprint density at radius 2 is 2.09 bits per heavy atom. The van der Waals surface area contributed by atoms with E-state index >= 15 is 0 Å². The van der Waals surface area contributed by atoms with Crippen LogP contribution >= 0.6 is 11.6 Å². The maximum absolute atomic E-state index is 13.1. The van der Waals surface area contributed by atoms with Crippen molar-refractivity contribution in [2.45, 2.75) is 57.0 Å². The van der Waals surface area contributed by atoms with Crippen LogP contribution in [0, 0.1) is 5.41 Å². The highest BCUT2D eigenvalue weighted by molar-refractivity contribution is 6.34. The van der Waals surface area contributed by atoms with E-state index in [2.05, 4.69) is 10.5 Å². The van der Waals surface area contributed by atoms with Gasteiger partial charge in [0.1, 0.15) is 6.26 Å². The number of hydrogen-bond donors (Lipinski definition) is 3. The number of hydrogen-bond acceptors (Lipinski definition) is 6. The normalized spacial score (nSPS) is 24.9. The van der Waals surface area contributed by atoms with Crippen molar-refractivity contribution in [2.24, 2.45) is 0 Å². The molecule has 1 aromatic carbocycles. The number of carbonyl (C=O) groups excluding carboxylic acids is 1. The molecule has 0 spiro atoms. The second kappa shape index (κ2) is 10.2. The number of carboxylic acids is 1. The SMILES string of the molecule is C[C@H]1C[C@@H](N2C(=N)N[C@](C)(c3cccc(-c4cnoc4)c3Cl)CC2=O)CCO1.O=C(O)C(F)(F)F. The van der Waals surface area contributed by atoms with Crippen LogP contribution in [-0.2, 0) is 19.9 Å². The molecule has 1 aromatic heterocycles. The van der Waals surface area contributed by atoms with E-state index in [0.717, 1.165) is 29.5 Å². The molecule has 2 fully saturated rings. The molecule has 0 unspecified atom stereocenters. The van der Waals surface area contributed by atoms with Crippen LogP contribution in [0.25, 0.3) is 11.1 Å². The fourth-order valence-electron chi connectivity index (χ4n) is 4.15. The van der Waals surface area contributed by atoms with Crippen molar-refractivity contribution in [1.82, 2.24) is 15.4 Å². The van der Waals surface area contributed by atoms with Crippen LogP contribution < -0.4 is 5.32 Å². The third-order valence-electron chi connectivity index (χ3n) is 5.81. The van der Waals surface area contributed by atoms with Gasteiger partial charge in [-0.3, -0.25) is 15.1 Å². The minimum atomic E-state index is -5.08. The first kappa shape index (κ1) is 26.5. The molecule has 35 heavy (non-hydrogen) atoms. The van der Waals surface area contributed by atoms with Gasteiger partial charge in [-0.15, -0.1) is 0 Å². The average molecular weight is 517 g/mol. The fraction of sp³-hybridized carbons (Fsp3) is 0.455. The first-order chi connectivity index (χ1) is 16.3. The Hall–Kier alpha value is -3.12. The number of rotatable bonds is 3. The number of nitrogens with zero attached hydrogens (tertiary/aromatic N) is 2. The van der Waals surface area contributed by atoms with Crippen molar-refractivity contribution in [1.29, 1.82) is 5.41 Å². The third-order valence-corrected chi connectivity index (χ3v) is 6.22. The number of ether oxygens (including phenoxy) is 1. The molecule has 0 radical (unpaired) electrons. The lowest BCUT2D eigenvalue weighted by molar-refractivity contribution is -0.192. The number of amides is 1. The number of aliphatic carboxylic acids is 1. The number of carbonyl (C=O) groups is 2. The van der Waals surface area contributed by atoms with Gasteiger partial charge in [-0.05, 0) is 32.3 Å². The summed E-state index contributed by atoms with van der Waals surface area (Å²) >= 11 is 6.70. The lowest BCUT2D eigenvalue weighted by Gasteiger charge is -2.45. The molecule has 3 N–H and O–H groups in total. The molecule has 13 heteroatoms. The minimum absolute atomic E-state index is 0.0142. The Kier molecular flexibility index (Phi) is 7.75. The van der Waals surface area contributed by atoms with E-state index < -0.39 is 17.7 Å². The Labute approximate surface area is 203 Å². The molecule has 2 aromatic rings. The molecule has 4 rings (SSSR count). The Bertz CT molecular complexity index is 1080. The second-order valence-corrected chi connectivity index (χ2v) is 8.87. The van der Waals surface area contributed by atoms with Gasteiger partial charge < -0.3 is 19.7 Å². The molecular formula is C22H24ClF3N4O5. The molecule has 0 aliphatic carbocycles. The fourth-order valence-corrected chi connectivity index (χ4v) is 4.60. The Morgan fingerprint density at radius 1 is 1.40 bits per heavy atom. The zero-order valence-corrected chi connectivity index (χ0v) is 19.6. The van der Waals surface area contributed by atoms with Gasteiger partial charge in [0.25, 0.3) is 0 Å². The van der Waals surface area contributed by atoms with Crippen LogP contribution in [-0.4, -0.2) is 57.9 Å². The molecular weight excluding hydrogens is 493 g/mol. The van der Waals surface area contributed by atoms with Gasteiger partial charge in [0, 0.05) is 23.8 Å². The van der Waals surface area contributed by atoms with Crippen LogP contribution in [0.5, 0.6) is 0 Å². The zero-order chi connectivity index (χ0) is 26.0. The third kappa shape index (κ3) is 5.93. The monoisotopic (exact) mass is 516 g/mol. The van der Waals surface area contributed by atoms with Gasteiger partial charge in [-0.2, -0.15) is 13.2 Å². The Balaban J connectivity index is 0.000000429. The largest absolute Gasteiger partial charge is 0.490 e. The second-order valence-electron chi connectivity index (χ2n) is 8.49. The predicted octanol–water partition coefficient (Wildman–Crippen LogP) is 4.17. The minimum Gasteiger partial charge on any atom is -0.475 e. The van der Waals surface area contributed by atoms with Crippen LogP contribution in [0.15, 0.2) is 35.2 Å². The van der Waals surface area contributed by atoms with Crippen molar-refractivity contribution in [3.63, 3.8) is 0 Å².